The Bertz CT molecular complexity index is 533. The van der Waals surface area contributed by atoms with Gasteiger partial charge in [0.1, 0.15) is 5.82 Å². The van der Waals surface area contributed by atoms with Crippen molar-refractivity contribution < 1.29 is 14.4 Å². The molecular formula is C13H14ClFN2O2. The molecule has 19 heavy (non-hydrogen) atoms. The maximum atomic E-state index is 13.3. The van der Waals surface area contributed by atoms with Gasteiger partial charge in [-0.15, -0.1) is 0 Å². The van der Waals surface area contributed by atoms with Crippen molar-refractivity contribution in [1.29, 1.82) is 0 Å². The Kier molecular flexibility index (Phi) is 4.04. The van der Waals surface area contributed by atoms with Crippen LogP contribution < -0.4 is 0 Å². The zero-order chi connectivity index (χ0) is 14.0. The molecule has 1 aliphatic rings. The molecule has 1 fully saturated rings. The predicted molar refractivity (Wildman–Crippen MR) is 70.3 cm³/mol. The first kappa shape index (κ1) is 13.8. The summed E-state index contributed by atoms with van der Waals surface area (Å²) in [6, 6.07) is 4.19. The molecule has 4 nitrogen and oxygen atoms in total. The second kappa shape index (κ2) is 5.57. The number of hydrogen-bond acceptors (Lipinski definition) is 3. The molecule has 0 saturated carbocycles. The lowest BCUT2D eigenvalue weighted by atomic mass is 9.97. The Labute approximate surface area is 115 Å². The lowest BCUT2D eigenvalue weighted by molar-refractivity contribution is 0.0733. The van der Waals surface area contributed by atoms with Crippen LogP contribution >= 0.6 is 11.6 Å². The van der Waals surface area contributed by atoms with Gasteiger partial charge in [-0.05, 0) is 12.1 Å². The minimum atomic E-state index is -0.602. The molecule has 1 unspecified atom stereocenters. The molecule has 6 heteroatoms. The van der Waals surface area contributed by atoms with Crippen molar-refractivity contribution in [3.8, 4) is 0 Å². The number of rotatable bonds is 1. The van der Waals surface area contributed by atoms with Crippen LogP contribution in [0.25, 0.3) is 0 Å². The summed E-state index contributed by atoms with van der Waals surface area (Å²) >= 11 is 5.81. The summed E-state index contributed by atoms with van der Waals surface area (Å²) in [5, 5.41) is 11.9. The molecule has 1 aliphatic heterocycles. The summed E-state index contributed by atoms with van der Waals surface area (Å²) in [5.41, 5.74) is 0.840. The fourth-order valence-corrected chi connectivity index (χ4v) is 2.40. The first-order valence-corrected chi connectivity index (χ1v) is 6.36. The van der Waals surface area contributed by atoms with Gasteiger partial charge in [0.2, 0.25) is 0 Å². The van der Waals surface area contributed by atoms with Gasteiger partial charge in [-0.3, -0.25) is 4.79 Å². The molecule has 1 aromatic carbocycles. The van der Waals surface area contributed by atoms with Crippen molar-refractivity contribution in [3.63, 3.8) is 0 Å². The highest BCUT2D eigenvalue weighted by Crippen LogP contribution is 2.23. The van der Waals surface area contributed by atoms with Crippen LogP contribution in [0.5, 0.6) is 0 Å². The van der Waals surface area contributed by atoms with E-state index < -0.39 is 5.82 Å². The van der Waals surface area contributed by atoms with Gasteiger partial charge < -0.3 is 10.1 Å². The van der Waals surface area contributed by atoms with Crippen LogP contribution in [0.4, 0.5) is 4.39 Å². The van der Waals surface area contributed by atoms with E-state index >= 15 is 0 Å². The highest BCUT2D eigenvalue weighted by atomic mass is 35.5. The minimum absolute atomic E-state index is 0.0185. The highest BCUT2D eigenvalue weighted by Gasteiger charge is 2.27. The summed E-state index contributed by atoms with van der Waals surface area (Å²) in [6.45, 7) is 2.75. The number of oxime groups is 1. The van der Waals surface area contributed by atoms with Crippen LogP contribution in [0.1, 0.15) is 23.7 Å². The third kappa shape index (κ3) is 2.71. The molecule has 0 spiro atoms. The van der Waals surface area contributed by atoms with Gasteiger partial charge in [-0.1, -0.05) is 29.7 Å². The van der Waals surface area contributed by atoms with Crippen molar-refractivity contribution in [2.45, 2.75) is 13.3 Å². The largest absolute Gasteiger partial charge is 0.411 e. The van der Waals surface area contributed by atoms with Gasteiger partial charge in [-0.25, -0.2) is 4.39 Å². The van der Waals surface area contributed by atoms with E-state index in [1.54, 1.807) is 4.90 Å². The van der Waals surface area contributed by atoms with E-state index in [0.717, 1.165) is 0 Å². The lowest BCUT2D eigenvalue weighted by Crippen LogP contribution is -2.43. The van der Waals surface area contributed by atoms with E-state index in [1.807, 2.05) is 6.92 Å². The third-order valence-electron chi connectivity index (χ3n) is 3.30. The number of hydrogen-bond donors (Lipinski definition) is 1. The molecule has 2 rings (SSSR count). The maximum Gasteiger partial charge on any atom is 0.255 e. The van der Waals surface area contributed by atoms with Crippen molar-refractivity contribution in [2.24, 2.45) is 11.1 Å². The fourth-order valence-electron chi connectivity index (χ4n) is 2.20. The first-order chi connectivity index (χ1) is 9.04. The van der Waals surface area contributed by atoms with Gasteiger partial charge >= 0.3 is 0 Å². The maximum absolute atomic E-state index is 13.3. The number of halogens is 2. The molecule has 1 heterocycles. The Morgan fingerprint density at radius 1 is 1.58 bits per heavy atom. The monoisotopic (exact) mass is 284 g/mol. The van der Waals surface area contributed by atoms with E-state index in [1.165, 1.54) is 18.2 Å². The molecule has 0 aromatic heterocycles. The van der Waals surface area contributed by atoms with Crippen molar-refractivity contribution in [2.75, 3.05) is 13.1 Å². The first-order valence-electron chi connectivity index (χ1n) is 5.98. The van der Waals surface area contributed by atoms with E-state index in [4.69, 9.17) is 16.8 Å². The zero-order valence-corrected chi connectivity index (χ0v) is 11.2. The Morgan fingerprint density at radius 2 is 2.32 bits per heavy atom. The van der Waals surface area contributed by atoms with Gasteiger partial charge in [0.15, 0.2) is 0 Å². The molecule has 102 valence electrons. The van der Waals surface area contributed by atoms with Crippen molar-refractivity contribution in [3.05, 3.63) is 34.6 Å². The summed E-state index contributed by atoms with van der Waals surface area (Å²) in [7, 11) is 0. The topological polar surface area (TPSA) is 52.9 Å². The summed E-state index contributed by atoms with van der Waals surface area (Å²) < 4.78 is 13.3. The third-order valence-corrected chi connectivity index (χ3v) is 3.68. The summed E-state index contributed by atoms with van der Waals surface area (Å²) in [5.74, 6) is -0.918. The van der Waals surface area contributed by atoms with E-state index in [0.29, 0.717) is 25.2 Å². The van der Waals surface area contributed by atoms with Gasteiger partial charge in [0.05, 0.1) is 16.3 Å². The Hall–Kier alpha value is -1.62. The number of carbonyl (C=O) groups is 1. The molecule has 1 atom stereocenters. The Balaban J connectivity index is 2.19. The number of likely N-dealkylation sites (tertiary alicyclic amines) is 1. The van der Waals surface area contributed by atoms with Crippen LogP contribution in [0, 0.1) is 11.7 Å². The van der Waals surface area contributed by atoms with E-state index in [9.17, 15) is 9.18 Å². The summed E-state index contributed by atoms with van der Waals surface area (Å²) in [6.07, 6.45) is 0.510. The van der Waals surface area contributed by atoms with Gasteiger partial charge in [0, 0.05) is 25.4 Å². The van der Waals surface area contributed by atoms with E-state index in [2.05, 4.69) is 5.16 Å². The number of piperidine rings is 1. The molecule has 0 bridgehead atoms. The number of carbonyl (C=O) groups excluding carboxylic acids is 1. The Morgan fingerprint density at radius 3 is 2.95 bits per heavy atom. The highest BCUT2D eigenvalue weighted by molar-refractivity contribution is 6.34. The second-order valence-electron chi connectivity index (χ2n) is 4.59. The van der Waals surface area contributed by atoms with Crippen LogP contribution in [0.15, 0.2) is 23.4 Å². The predicted octanol–water partition coefficient (Wildman–Crippen LogP) is 2.79. The normalized spacial score (nSPS) is 21.7. The quantitative estimate of drug-likeness (QED) is 0.637. The van der Waals surface area contributed by atoms with Crippen LogP contribution in [0.3, 0.4) is 0 Å². The SMILES string of the molecule is CC1CN(C(=O)c2cccc(F)c2Cl)CC/C1=N\O. The molecular weight excluding hydrogens is 271 g/mol. The molecule has 0 aliphatic carbocycles. The van der Waals surface area contributed by atoms with E-state index in [-0.39, 0.29) is 22.4 Å². The standard InChI is InChI=1S/C13H14ClFN2O2/c1-8-7-17(6-5-11(8)16-19)13(18)9-3-2-4-10(15)12(9)14/h2-4,8,19H,5-7H2,1H3/b16-11+. The smallest absolute Gasteiger partial charge is 0.255 e. The lowest BCUT2D eigenvalue weighted by Gasteiger charge is -2.31. The number of benzene rings is 1. The van der Waals surface area contributed by atoms with Crippen LogP contribution in [0.2, 0.25) is 5.02 Å². The molecule has 1 amide bonds. The van der Waals surface area contributed by atoms with Crippen LogP contribution in [-0.4, -0.2) is 34.8 Å². The fraction of sp³-hybridized carbons (Fsp3) is 0.385. The van der Waals surface area contributed by atoms with Crippen LogP contribution in [-0.2, 0) is 0 Å². The molecule has 1 saturated heterocycles. The van der Waals surface area contributed by atoms with Crippen molar-refractivity contribution >= 4 is 23.2 Å². The zero-order valence-electron chi connectivity index (χ0n) is 10.4. The van der Waals surface area contributed by atoms with Gasteiger partial charge in [-0.2, -0.15) is 0 Å². The average molecular weight is 285 g/mol. The average Bonchev–Trinajstić information content (AvgIpc) is 2.41. The van der Waals surface area contributed by atoms with Crippen molar-refractivity contribution in [1.82, 2.24) is 4.90 Å². The second-order valence-corrected chi connectivity index (χ2v) is 4.97. The number of amides is 1. The van der Waals surface area contributed by atoms with Gasteiger partial charge in [0.25, 0.3) is 5.91 Å². The number of nitrogens with zero attached hydrogens (tertiary/aromatic N) is 2. The molecule has 0 radical (unpaired) electrons. The molecule has 1 aromatic rings. The molecule has 1 N–H and O–H groups in total. The summed E-state index contributed by atoms with van der Waals surface area (Å²) in [4.78, 5) is 13.9. The minimum Gasteiger partial charge on any atom is -0.411 e.